The van der Waals surface area contributed by atoms with Crippen LogP contribution in [0.3, 0.4) is 0 Å². The highest BCUT2D eigenvalue weighted by Gasteiger charge is 2.27. The molecule has 0 radical (unpaired) electrons. The molecule has 0 aromatic heterocycles. The van der Waals surface area contributed by atoms with Gasteiger partial charge in [-0.15, -0.1) is 0 Å². The molecule has 3 N–H and O–H groups in total. The van der Waals surface area contributed by atoms with Crippen LogP contribution < -0.4 is 5.73 Å². The van der Waals surface area contributed by atoms with E-state index < -0.39 is 0 Å². The number of hydrogen-bond acceptors (Lipinski definition) is 3. The minimum atomic E-state index is -0.306. The highest BCUT2D eigenvalue weighted by molar-refractivity contribution is 7.98. The molecule has 0 bridgehead atoms. The molecule has 2 unspecified atom stereocenters. The first-order valence-corrected chi connectivity index (χ1v) is 5.33. The third-order valence-corrected chi connectivity index (χ3v) is 2.96. The summed E-state index contributed by atoms with van der Waals surface area (Å²) in [6, 6.07) is 0. The van der Waals surface area contributed by atoms with E-state index in [1.807, 2.05) is 13.8 Å². The van der Waals surface area contributed by atoms with Gasteiger partial charge in [0, 0.05) is 12.0 Å². The Bertz CT molecular complexity index is 108. The quantitative estimate of drug-likeness (QED) is 0.660. The molecule has 0 fully saturated rings. The smallest absolute Gasteiger partial charge is 0.0578 e. The van der Waals surface area contributed by atoms with E-state index in [1.54, 1.807) is 11.8 Å². The molecule has 0 heterocycles. The Morgan fingerprint density at radius 3 is 2.45 bits per heavy atom. The highest BCUT2D eigenvalue weighted by Crippen LogP contribution is 2.25. The summed E-state index contributed by atoms with van der Waals surface area (Å²) in [5.74, 6) is 1.07. The van der Waals surface area contributed by atoms with Crippen LogP contribution in [0.15, 0.2) is 0 Å². The molecule has 0 spiro atoms. The summed E-state index contributed by atoms with van der Waals surface area (Å²) in [5.41, 5.74) is 5.49. The van der Waals surface area contributed by atoms with Crippen LogP contribution in [0.1, 0.15) is 20.3 Å². The average molecular weight is 177 g/mol. The molecule has 0 aromatic rings. The zero-order chi connectivity index (χ0) is 8.91. The molecule has 0 aromatic carbocycles. The van der Waals surface area contributed by atoms with E-state index in [0.717, 1.165) is 12.2 Å². The van der Waals surface area contributed by atoms with Crippen molar-refractivity contribution < 1.29 is 5.11 Å². The van der Waals surface area contributed by atoms with Crippen molar-refractivity contribution in [3.8, 4) is 0 Å². The molecule has 0 aliphatic heterocycles. The zero-order valence-corrected chi connectivity index (χ0v) is 8.45. The first-order valence-electron chi connectivity index (χ1n) is 3.94. The van der Waals surface area contributed by atoms with E-state index in [0.29, 0.717) is 6.54 Å². The Morgan fingerprint density at radius 1 is 1.64 bits per heavy atom. The van der Waals surface area contributed by atoms with Crippen LogP contribution in [0.4, 0.5) is 0 Å². The molecule has 0 saturated carbocycles. The van der Waals surface area contributed by atoms with Crippen LogP contribution in [0.25, 0.3) is 0 Å². The number of rotatable bonds is 5. The van der Waals surface area contributed by atoms with Crippen molar-refractivity contribution in [2.45, 2.75) is 26.4 Å². The first-order chi connectivity index (χ1) is 5.06. The van der Waals surface area contributed by atoms with Crippen LogP contribution in [-0.2, 0) is 0 Å². The molecule has 0 aliphatic carbocycles. The fraction of sp³-hybridized carbons (Fsp3) is 1.00. The maximum absolute atomic E-state index is 9.41. The molecule has 68 valence electrons. The number of hydrogen-bond donors (Lipinski definition) is 2. The lowest BCUT2D eigenvalue weighted by atomic mass is 9.82. The van der Waals surface area contributed by atoms with Crippen LogP contribution in [0.2, 0.25) is 0 Å². The summed E-state index contributed by atoms with van der Waals surface area (Å²) in [6.45, 7) is 4.41. The first kappa shape index (κ1) is 11.3. The van der Waals surface area contributed by atoms with Crippen molar-refractivity contribution in [3.63, 3.8) is 0 Å². The largest absolute Gasteiger partial charge is 0.393 e. The maximum atomic E-state index is 9.41. The summed E-state index contributed by atoms with van der Waals surface area (Å²) < 4.78 is 0. The van der Waals surface area contributed by atoms with Crippen molar-refractivity contribution >= 4 is 11.8 Å². The van der Waals surface area contributed by atoms with Gasteiger partial charge in [-0.05, 0) is 25.4 Å². The number of nitrogens with two attached hydrogens (primary N) is 1. The fourth-order valence-corrected chi connectivity index (χ4v) is 1.49. The predicted molar refractivity (Wildman–Crippen MR) is 51.8 cm³/mol. The molecule has 2 atom stereocenters. The highest BCUT2D eigenvalue weighted by atomic mass is 32.2. The van der Waals surface area contributed by atoms with E-state index in [1.165, 1.54) is 0 Å². The number of thioether (sulfide) groups is 1. The van der Waals surface area contributed by atoms with Crippen LogP contribution in [0, 0.1) is 5.41 Å². The second-order valence-corrected chi connectivity index (χ2v) is 4.26. The minimum absolute atomic E-state index is 0.0942. The lowest BCUT2D eigenvalue weighted by Crippen LogP contribution is -2.37. The van der Waals surface area contributed by atoms with Crippen LogP contribution >= 0.6 is 11.8 Å². The molecule has 0 amide bonds. The molecule has 0 rings (SSSR count). The lowest BCUT2D eigenvalue weighted by Gasteiger charge is -2.30. The minimum Gasteiger partial charge on any atom is -0.393 e. The summed E-state index contributed by atoms with van der Waals surface area (Å²) in [5, 5.41) is 9.41. The van der Waals surface area contributed by atoms with E-state index >= 15 is 0 Å². The molecule has 11 heavy (non-hydrogen) atoms. The van der Waals surface area contributed by atoms with Crippen molar-refractivity contribution in [3.05, 3.63) is 0 Å². The molecular formula is C8H19NOS. The van der Waals surface area contributed by atoms with Crippen LogP contribution in [0.5, 0.6) is 0 Å². The Morgan fingerprint density at radius 2 is 2.18 bits per heavy atom. The predicted octanol–water partition coefficient (Wildman–Crippen LogP) is 1.09. The van der Waals surface area contributed by atoms with Gasteiger partial charge in [-0.25, -0.2) is 0 Å². The van der Waals surface area contributed by atoms with Crippen molar-refractivity contribution in [2.24, 2.45) is 11.1 Å². The SMILES string of the molecule is CSCCC(C)(CN)C(C)O. The van der Waals surface area contributed by atoms with E-state index in [2.05, 4.69) is 6.26 Å². The normalized spacial score (nSPS) is 19.4. The second kappa shape index (κ2) is 5.01. The van der Waals surface area contributed by atoms with Gasteiger partial charge in [-0.1, -0.05) is 6.92 Å². The molecule has 3 heteroatoms. The Kier molecular flexibility index (Phi) is 5.13. The van der Waals surface area contributed by atoms with E-state index in [4.69, 9.17) is 5.73 Å². The standard InChI is InChI=1S/C8H19NOS/c1-7(10)8(2,6-9)4-5-11-3/h7,10H,4-6,9H2,1-3H3. The lowest BCUT2D eigenvalue weighted by molar-refractivity contribution is 0.0567. The van der Waals surface area contributed by atoms with Gasteiger partial charge in [0.05, 0.1) is 6.10 Å². The van der Waals surface area contributed by atoms with Crippen molar-refractivity contribution in [1.29, 1.82) is 0 Å². The van der Waals surface area contributed by atoms with Gasteiger partial charge >= 0.3 is 0 Å². The van der Waals surface area contributed by atoms with Gasteiger partial charge in [0.25, 0.3) is 0 Å². The molecule has 0 saturated heterocycles. The fourth-order valence-electron chi connectivity index (χ4n) is 0.817. The Hall–Kier alpha value is 0.270. The summed E-state index contributed by atoms with van der Waals surface area (Å²) >= 11 is 1.79. The molecule has 2 nitrogen and oxygen atoms in total. The zero-order valence-electron chi connectivity index (χ0n) is 7.63. The molecular weight excluding hydrogens is 158 g/mol. The maximum Gasteiger partial charge on any atom is 0.0578 e. The topological polar surface area (TPSA) is 46.2 Å². The summed E-state index contributed by atoms with van der Waals surface area (Å²) in [4.78, 5) is 0. The van der Waals surface area contributed by atoms with Gasteiger partial charge < -0.3 is 10.8 Å². The summed E-state index contributed by atoms with van der Waals surface area (Å²) in [6.07, 6.45) is 2.75. The monoisotopic (exact) mass is 177 g/mol. The average Bonchev–Trinajstić information content (AvgIpc) is 2.00. The van der Waals surface area contributed by atoms with Gasteiger partial charge in [-0.3, -0.25) is 0 Å². The third kappa shape index (κ3) is 3.45. The molecule has 0 aliphatic rings. The van der Waals surface area contributed by atoms with Gasteiger partial charge in [-0.2, -0.15) is 11.8 Å². The van der Waals surface area contributed by atoms with Crippen molar-refractivity contribution in [1.82, 2.24) is 0 Å². The van der Waals surface area contributed by atoms with Gasteiger partial charge in [0.1, 0.15) is 0 Å². The second-order valence-electron chi connectivity index (χ2n) is 3.28. The van der Waals surface area contributed by atoms with E-state index in [9.17, 15) is 5.11 Å². The third-order valence-electron chi connectivity index (χ3n) is 2.35. The Labute approximate surface area is 73.6 Å². The number of aliphatic hydroxyl groups excluding tert-OH is 1. The van der Waals surface area contributed by atoms with Gasteiger partial charge in [0.2, 0.25) is 0 Å². The Balaban J connectivity index is 3.88. The number of aliphatic hydroxyl groups is 1. The van der Waals surface area contributed by atoms with Gasteiger partial charge in [0.15, 0.2) is 0 Å². The van der Waals surface area contributed by atoms with Crippen LogP contribution in [-0.4, -0.2) is 29.8 Å². The van der Waals surface area contributed by atoms with E-state index in [-0.39, 0.29) is 11.5 Å². The van der Waals surface area contributed by atoms with Crippen molar-refractivity contribution in [2.75, 3.05) is 18.6 Å². The summed E-state index contributed by atoms with van der Waals surface area (Å²) in [7, 11) is 0.